The number of anilines is 2. The first kappa shape index (κ1) is 16.7. The van der Waals surface area contributed by atoms with Gasteiger partial charge in [-0.3, -0.25) is 4.79 Å². The monoisotopic (exact) mass is 301 g/mol. The van der Waals surface area contributed by atoms with Crippen LogP contribution < -0.4 is 10.6 Å². The van der Waals surface area contributed by atoms with Crippen molar-refractivity contribution in [2.24, 2.45) is 0 Å². The lowest BCUT2D eigenvalue weighted by Crippen LogP contribution is -2.29. The molecule has 0 aliphatic carbocycles. The maximum Gasteiger partial charge on any atom is 0.265 e. The van der Waals surface area contributed by atoms with E-state index in [4.69, 9.17) is 15.2 Å². The largest absolute Gasteiger partial charge is 0.397 e. The van der Waals surface area contributed by atoms with Gasteiger partial charge in [0.05, 0.1) is 23.9 Å². The molecule has 1 rings (SSSR count). The number of methoxy groups -OCH3 is 2. The quantitative estimate of drug-likeness (QED) is 0.779. The van der Waals surface area contributed by atoms with Gasteiger partial charge in [-0.15, -0.1) is 11.3 Å². The van der Waals surface area contributed by atoms with Gasteiger partial charge in [0.2, 0.25) is 0 Å². The van der Waals surface area contributed by atoms with E-state index >= 15 is 0 Å². The third-order valence-electron chi connectivity index (χ3n) is 2.79. The summed E-state index contributed by atoms with van der Waals surface area (Å²) in [7, 11) is 6.76. The minimum Gasteiger partial charge on any atom is -0.397 e. The molecule has 1 aromatic heterocycles. The summed E-state index contributed by atoms with van der Waals surface area (Å²) in [5.41, 5.74) is 6.47. The van der Waals surface area contributed by atoms with Gasteiger partial charge in [-0.05, 0) is 6.07 Å². The first-order valence-corrected chi connectivity index (χ1v) is 7.16. The molecule has 0 saturated heterocycles. The third-order valence-corrected chi connectivity index (χ3v) is 3.99. The van der Waals surface area contributed by atoms with Gasteiger partial charge >= 0.3 is 0 Å². The van der Waals surface area contributed by atoms with E-state index in [0.717, 1.165) is 18.1 Å². The molecule has 1 aromatic rings. The van der Waals surface area contributed by atoms with Crippen molar-refractivity contribution >= 4 is 27.9 Å². The Labute approximate surface area is 124 Å². The molecule has 114 valence electrons. The average molecular weight is 301 g/mol. The number of carbonyl (C=O) groups is 1. The van der Waals surface area contributed by atoms with Crippen LogP contribution in [0.3, 0.4) is 0 Å². The number of nitrogens with zero attached hydrogens (tertiary/aromatic N) is 2. The number of carbonyl (C=O) groups excluding carboxylic acids is 1. The highest BCUT2D eigenvalue weighted by molar-refractivity contribution is 7.18. The molecule has 1 heterocycles. The zero-order chi connectivity index (χ0) is 15.1. The number of hydrogen-bond donors (Lipinski definition) is 1. The second-order valence-corrected chi connectivity index (χ2v) is 5.57. The van der Waals surface area contributed by atoms with E-state index in [1.54, 1.807) is 28.3 Å². The average Bonchev–Trinajstić information content (AvgIpc) is 2.79. The van der Waals surface area contributed by atoms with E-state index in [-0.39, 0.29) is 5.91 Å². The molecule has 2 N–H and O–H groups in total. The standard InChI is InChI=1S/C13H23N3O3S/c1-15(2)13(17)12-10(14)9-11(20-12)16(5-7-18-3)6-8-19-4/h9H,5-8,14H2,1-4H3. The van der Waals surface area contributed by atoms with Gasteiger partial charge in [0.25, 0.3) is 5.91 Å². The van der Waals surface area contributed by atoms with E-state index in [2.05, 4.69) is 4.90 Å². The maximum absolute atomic E-state index is 12.0. The Morgan fingerprint density at radius 1 is 1.25 bits per heavy atom. The van der Waals surface area contributed by atoms with Crippen LogP contribution in [-0.4, -0.2) is 65.4 Å². The molecule has 0 fully saturated rings. The predicted molar refractivity (Wildman–Crippen MR) is 82.7 cm³/mol. The molecule has 20 heavy (non-hydrogen) atoms. The van der Waals surface area contributed by atoms with Crippen molar-refractivity contribution in [3.8, 4) is 0 Å². The number of nitrogens with two attached hydrogens (primary N) is 1. The van der Waals surface area contributed by atoms with E-state index in [9.17, 15) is 4.79 Å². The second kappa shape index (κ2) is 8.08. The van der Waals surface area contributed by atoms with E-state index in [0.29, 0.717) is 23.8 Å². The first-order valence-electron chi connectivity index (χ1n) is 6.35. The first-order chi connectivity index (χ1) is 9.51. The van der Waals surface area contributed by atoms with Gasteiger partial charge in [-0.2, -0.15) is 0 Å². The van der Waals surface area contributed by atoms with Gasteiger partial charge < -0.3 is 25.0 Å². The highest BCUT2D eigenvalue weighted by atomic mass is 32.1. The summed E-state index contributed by atoms with van der Waals surface area (Å²) < 4.78 is 10.2. The number of ether oxygens (including phenoxy) is 2. The van der Waals surface area contributed by atoms with Crippen LogP contribution in [0.4, 0.5) is 10.7 Å². The molecule has 0 aromatic carbocycles. The lowest BCUT2D eigenvalue weighted by atomic mass is 10.3. The van der Waals surface area contributed by atoms with Crippen LogP contribution in [-0.2, 0) is 9.47 Å². The molecule has 0 unspecified atom stereocenters. The molecule has 0 aliphatic rings. The summed E-state index contributed by atoms with van der Waals surface area (Å²) in [6, 6.07) is 1.84. The summed E-state index contributed by atoms with van der Waals surface area (Å²) in [6.45, 7) is 2.68. The van der Waals surface area contributed by atoms with Gasteiger partial charge in [0.1, 0.15) is 4.88 Å². The molecule has 0 spiro atoms. The molecule has 0 aliphatic heterocycles. The van der Waals surface area contributed by atoms with Crippen molar-refractivity contribution in [1.29, 1.82) is 0 Å². The van der Waals surface area contributed by atoms with Crippen LogP contribution in [0, 0.1) is 0 Å². The molecule has 0 bridgehead atoms. The Kier molecular flexibility index (Phi) is 6.77. The highest BCUT2D eigenvalue weighted by Gasteiger charge is 2.19. The predicted octanol–water partition coefficient (Wildman–Crippen LogP) is 1.13. The number of nitrogen functional groups attached to an aromatic ring is 1. The zero-order valence-electron chi connectivity index (χ0n) is 12.5. The summed E-state index contributed by atoms with van der Waals surface area (Å²) in [6.07, 6.45) is 0. The smallest absolute Gasteiger partial charge is 0.265 e. The Bertz CT molecular complexity index is 426. The summed E-state index contributed by atoms with van der Waals surface area (Å²) in [4.78, 5) is 16.2. The van der Waals surface area contributed by atoms with Crippen LogP contribution in [0.5, 0.6) is 0 Å². The fraction of sp³-hybridized carbons (Fsp3) is 0.615. The molecule has 0 atom stereocenters. The maximum atomic E-state index is 12.0. The molecule has 7 heteroatoms. The van der Waals surface area contributed by atoms with Crippen LogP contribution >= 0.6 is 11.3 Å². The molecular weight excluding hydrogens is 278 g/mol. The van der Waals surface area contributed by atoms with Crippen molar-refractivity contribution in [3.63, 3.8) is 0 Å². The Morgan fingerprint density at radius 3 is 2.25 bits per heavy atom. The number of hydrogen-bond acceptors (Lipinski definition) is 6. The van der Waals surface area contributed by atoms with Gasteiger partial charge in [0, 0.05) is 41.4 Å². The molecular formula is C13H23N3O3S. The third kappa shape index (κ3) is 4.36. The minimum atomic E-state index is -0.0721. The lowest BCUT2D eigenvalue weighted by molar-refractivity contribution is 0.0833. The Hall–Kier alpha value is -1.31. The van der Waals surface area contributed by atoms with Crippen molar-refractivity contribution in [2.45, 2.75) is 0 Å². The Morgan fingerprint density at radius 2 is 1.80 bits per heavy atom. The van der Waals surface area contributed by atoms with Gasteiger partial charge in [-0.25, -0.2) is 0 Å². The minimum absolute atomic E-state index is 0.0721. The summed E-state index contributed by atoms with van der Waals surface area (Å²) in [5, 5.41) is 0.960. The van der Waals surface area contributed by atoms with Crippen LogP contribution in [0.15, 0.2) is 6.07 Å². The van der Waals surface area contributed by atoms with Gasteiger partial charge in [-0.1, -0.05) is 0 Å². The number of thiophene rings is 1. The van der Waals surface area contributed by atoms with Gasteiger partial charge in [0.15, 0.2) is 0 Å². The molecule has 0 radical (unpaired) electrons. The van der Waals surface area contributed by atoms with E-state index in [1.807, 2.05) is 6.07 Å². The lowest BCUT2D eigenvalue weighted by Gasteiger charge is -2.22. The van der Waals surface area contributed by atoms with Crippen molar-refractivity contribution < 1.29 is 14.3 Å². The summed E-state index contributed by atoms with van der Waals surface area (Å²) >= 11 is 1.40. The highest BCUT2D eigenvalue weighted by Crippen LogP contribution is 2.32. The van der Waals surface area contributed by atoms with Crippen LogP contribution in [0.1, 0.15) is 9.67 Å². The second-order valence-electron chi connectivity index (χ2n) is 4.54. The van der Waals surface area contributed by atoms with Crippen LogP contribution in [0.2, 0.25) is 0 Å². The molecule has 6 nitrogen and oxygen atoms in total. The SMILES string of the molecule is COCCN(CCOC)c1cc(N)c(C(=O)N(C)C)s1. The zero-order valence-corrected chi connectivity index (χ0v) is 13.3. The van der Waals surface area contributed by atoms with Crippen molar-refractivity contribution in [1.82, 2.24) is 4.90 Å². The number of amides is 1. The van der Waals surface area contributed by atoms with Crippen LogP contribution in [0.25, 0.3) is 0 Å². The fourth-order valence-electron chi connectivity index (χ4n) is 1.65. The Balaban J connectivity index is 2.90. The van der Waals surface area contributed by atoms with E-state index in [1.165, 1.54) is 16.2 Å². The normalized spacial score (nSPS) is 10.6. The van der Waals surface area contributed by atoms with E-state index < -0.39 is 0 Å². The molecule has 0 saturated carbocycles. The number of rotatable bonds is 8. The fourth-order valence-corrected chi connectivity index (χ4v) is 2.81. The summed E-state index contributed by atoms with van der Waals surface area (Å²) in [5.74, 6) is -0.0721. The molecule has 1 amide bonds. The van der Waals surface area contributed by atoms with Crippen molar-refractivity contribution in [3.05, 3.63) is 10.9 Å². The van der Waals surface area contributed by atoms with Crippen molar-refractivity contribution in [2.75, 3.05) is 65.3 Å². The topological polar surface area (TPSA) is 68.0 Å².